The smallest absolute Gasteiger partial charge is 0.352 e. The zero-order valence-corrected chi connectivity index (χ0v) is 11.5. The number of piperidine rings is 1. The van der Waals surface area contributed by atoms with Gasteiger partial charge in [-0.05, 0) is 38.3 Å². The first-order valence-electron chi connectivity index (χ1n) is 7.23. The SMILES string of the molecule is C[C@@H](O)[C@H]1C(=O)N2C(C(=O)O)=C(C3CCCCN3)C[C@H]12. The third kappa shape index (κ3) is 1.86. The lowest BCUT2D eigenvalue weighted by Crippen LogP contribution is -2.61. The van der Waals surface area contributed by atoms with E-state index in [1.54, 1.807) is 6.92 Å². The average Bonchev–Trinajstić information content (AvgIpc) is 2.74. The Morgan fingerprint density at radius 1 is 1.45 bits per heavy atom. The summed E-state index contributed by atoms with van der Waals surface area (Å²) < 4.78 is 0. The van der Waals surface area contributed by atoms with Gasteiger partial charge in [0.25, 0.3) is 0 Å². The monoisotopic (exact) mass is 280 g/mol. The van der Waals surface area contributed by atoms with Crippen molar-refractivity contribution in [3.05, 3.63) is 11.3 Å². The van der Waals surface area contributed by atoms with Gasteiger partial charge in [0.1, 0.15) is 5.70 Å². The van der Waals surface area contributed by atoms with Crippen molar-refractivity contribution in [1.82, 2.24) is 10.2 Å². The van der Waals surface area contributed by atoms with Crippen LogP contribution in [-0.2, 0) is 9.59 Å². The van der Waals surface area contributed by atoms with Crippen LogP contribution in [0.2, 0.25) is 0 Å². The minimum absolute atomic E-state index is 0.0582. The fourth-order valence-electron chi connectivity index (χ4n) is 3.76. The number of carbonyl (C=O) groups excluding carboxylic acids is 1. The van der Waals surface area contributed by atoms with Crippen molar-refractivity contribution in [1.29, 1.82) is 0 Å². The van der Waals surface area contributed by atoms with Crippen molar-refractivity contribution in [3.63, 3.8) is 0 Å². The first-order valence-corrected chi connectivity index (χ1v) is 7.23. The van der Waals surface area contributed by atoms with Gasteiger partial charge in [0.2, 0.25) is 5.91 Å². The Morgan fingerprint density at radius 3 is 2.75 bits per heavy atom. The van der Waals surface area contributed by atoms with E-state index in [1.165, 1.54) is 4.90 Å². The molecule has 0 radical (unpaired) electrons. The lowest BCUT2D eigenvalue weighted by Gasteiger charge is -2.44. The van der Waals surface area contributed by atoms with Crippen molar-refractivity contribution < 1.29 is 19.8 Å². The van der Waals surface area contributed by atoms with E-state index in [2.05, 4.69) is 5.32 Å². The molecule has 20 heavy (non-hydrogen) atoms. The zero-order chi connectivity index (χ0) is 14.4. The number of aliphatic carboxylic acids is 1. The van der Waals surface area contributed by atoms with Crippen LogP contribution in [0.1, 0.15) is 32.6 Å². The number of nitrogens with zero attached hydrogens (tertiary/aromatic N) is 1. The first kappa shape index (κ1) is 13.6. The molecular weight excluding hydrogens is 260 g/mol. The van der Waals surface area contributed by atoms with E-state index in [0.717, 1.165) is 31.4 Å². The summed E-state index contributed by atoms with van der Waals surface area (Å²) in [7, 11) is 0. The molecule has 3 rings (SSSR count). The van der Waals surface area contributed by atoms with Gasteiger partial charge in [0, 0.05) is 6.04 Å². The van der Waals surface area contributed by atoms with Gasteiger partial charge in [-0.2, -0.15) is 0 Å². The van der Waals surface area contributed by atoms with Gasteiger partial charge in [0.15, 0.2) is 0 Å². The molecule has 3 N–H and O–H groups in total. The van der Waals surface area contributed by atoms with Crippen LogP contribution in [-0.4, -0.2) is 51.7 Å². The fourth-order valence-corrected chi connectivity index (χ4v) is 3.76. The molecular formula is C14H20N2O4. The summed E-state index contributed by atoms with van der Waals surface area (Å²) in [6, 6.07) is -0.116. The maximum atomic E-state index is 12.1. The molecule has 1 amide bonds. The van der Waals surface area contributed by atoms with E-state index in [1.807, 2.05) is 0 Å². The van der Waals surface area contributed by atoms with Crippen LogP contribution in [0.5, 0.6) is 0 Å². The van der Waals surface area contributed by atoms with Crippen molar-refractivity contribution in [2.45, 2.75) is 50.8 Å². The minimum atomic E-state index is -1.03. The Balaban J connectivity index is 1.89. The highest BCUT2D eigenvalue weighted by molar-refractivity contribution is 5.99. The van der Waals surface area contributed by atoms with E-state index in [-0.39, 0.29) is 23.7 Å². The Bertz CT molecular complexity index is 480. The van der Waals surface area contributed by atoms with Gasteiger partial charge in [-0.25, -0.2) is 4.79 Å². The van der Waals surface area contributed by atoms with Crippen LogP contribution >= 0.6 is 0 Å². The van der Waals surface area contributed by atoms with Crippen LogP contribution in [0.4, 0.5) is 0 Å². The highest BCUT2D eigenvalue weighted by atomic mass is 16.4. The molecule has 110 valence electrons. The average molecular weight is 280 g/mol. The van der Waals surface area contributed by atoms with Gasteiger partial charge in [-0.3, -0.25) is 4.79 Å². The van der Waals surface area contributed by atoms with Gasteiger partial charge < -0.3 is 20.4 Å². The molecule has 3 aliphatic rings. The molecule has 2 fully saturated rings. The van der Waals surface area contributed by atoms with Crippen LogP contribution in [0.25, 0.3) is 0 Å². The lowest BCUT2D eigenvalue weighted by atomic mass is 9.82. The Morgan fingerprint density at radius 2 is 2.20 bits per heavy atom. The number of carboxylic acids is 1. The second-order valence-electron chi connectivity index (χ2n) is 5.93. The first-order chi connectivity index (χ1) is 9.52. The van der Waals surface area contributed by atoms with E-state index in [4.69, 9.17) is 0 Å². The summed E-state index contributed by atoms with van der Waals surface area (Å²) in [4.78, 5) is 25.0. The van der Waals surface area contributed by atoms with Gasteiger partial charge >= 0.3 is 5.97 Å². The number of hydrogen-bond donors (Lipinski definition) is 3. The van der Waals surface area contributed by atoms with E-state index >= 15 is 0 Å². The molecule has 0 aliphatic carbocycles. The molecule has 0 aromatic rings. The second kappa shape index (κ2) is 4.86. The normalized spacial score (nSPS) is 34.8. The highest BCUT2D eigenvalue weighted by Crippen LogP contribution is 2.45. The molecule has 0 saturated carbocycles. The second-order valence-corrected chi connectivity index (χ2v) is 5.93. The summed E-state index contributed by atoms with van der Waals surface area (Å²) in [6.45, 7) is 2.48. The van der Waals surface area contributed by atoms with E-state index in [9.17, 15) is 19.8 Å². The predicted molar refractivity (Wildman–Crippen MR) is 70.7 cm³/mol. The number of aliphatic hydroxyl groups excluding tert-OH is 1. The summed E-state index contributed by atoms with van der Waals surface area (Å²) in [6.07, 6.45) is 2.94. The van der Waals surface area contributed by atoms with Crippen molar-refractivity contribution in [3.8, 4) is 0 Å². The van der Waals surface area contributed by atoms with Gasteiger partial charge in [0.05, 0.1) is 18.1 Å². The highest BCUT2D eigenvalue weighted by Gasteiger charge is 2.57. The summed E-state index contributed by atoms with van der Waals surface area (Å²) in [5.41, 5.74) is 0.981. The third-order valence-corrected chi connectivity index (χ3v) is 4.70. The van der Waals surface area contributed by atoms with Crippen LogP contribution in [0.15, 0.2) is 11.3 Å². The Hall–Kier alpha value is -1.40. The largest absolute Gasteiger partial charge is 0.477 e. The molecule has 3 heterocycles. The van der Waals surface area contributed by atoms with E-state index < -0.39 is 18.0 Å². The zero-order valence-electron chi connectivity index (χ0n) is 11.5. The number of rotatable bonds is 3. The molecule has 0 spiro atoms. The maximum Gasteiger partial charge on any atom is 0.352 e. The number of hydrogen-bond acceptors (Lipinski definition) is 4. The minimum Gasteiger partial charge on any atom is -0.477 e. The quantitative estimate of drug-likeness (QED) is 0.637. The Kier molecular flexibility index (Phi) is 3.30. The maximum absolute atomic E-state index is 12.1. The summed E-state index contributed by atoms with van der Waals surface area (Å²) in [5.74, 6) is -1.74. The van der Waals surface area contributed by atoms with Crippen LogP contribution in [0.3, 0.4) is 0 Å². The summed E-state index contributed by atoms with van der Waals surface area (Å²) >= 11 is 0. The molecule has 0 aromatic carbocycles. The van der Waals surface area contributed by atoms with Gasteiger partial charge in [-0.1, -0.05) is 6.42 Å². The van der Waals surface area contributed by atoms with Crippen LogP contribution in [0, 0.1) is 5.92 Å². The van der Waals surface area contributed by atoms with Crippen molar-refractivity contribution >= 4 is 11.9 Å². The van der Waals surface area contributed by atoms with Crippen LogP contribution < -0.4 is 5.32 Å². The molecule has 1 unspecified atom stereocenters. The topological polar surface area (TPSA) is 89.9 Å². The molecule has 4 atom stereocenters. The molecule has 6 heteroatoms. The summed E-state index contributed by atoms with van der Waals surface area (Å²) in [5, 5.41) is 22.5. The molecule has 2 saturated heterocycles. The number of carboxylic acid groups (broad SMARTS) is 1. The van der Waals surface area contributed by atoms with Gasteiger partial charge in [-0.15, -0.1) is 0 Å². The number of fused-ring (bicyclic) bond motifs is 1. The number of amides is 1. The molecule has 3 aliphatic heterocycles. The number of aliphatic hydroxyl groups is 1. The Labute approximate surface area is 117 Å². The molecule has 6 nitrogen and oxygen atoms in total. The number of carbonyl (C=O) groups is 2. The number of β-lactam (4-membered cyclic amide) rings is 1. The predicted octanol–water partition coefficient (Wildman–Crippen LogP) is 0.0787. The molecule has 0 aromatic heterocycles. The lowest BCUT2D eigenvalue weighted by molar-refractivity contribution is -0.161. The standard InChI is InChI=1S/C14H20N2O4/c1-7(17)11-10-6-8(9-4-2-3-5-15-9)12(14(19)20)16(10)13(11)18/h7,9-11,15,17H,2-6H2,1H3,(H,19,20)/t7-,9?,10-,11-/m1/s1. The van der Waals surface area contributed by atoms with Crippen molar-refractivity contribution in [2.24, 2.45) is 5.92 Å². The molecule has 0 bridgehead atoms. The third-order valence-electron chi connectivity index (χ3n) is 4.70. The van der Waals surface area contributed by atoms with E-state index in [0.29, 0.717) is 6.42 Å². The number of nitrogens with one attached hydrogen (secondary N) is 1. The fraction of sp³-hybridized carbons (Fsp3) is 0.714. The van der Waals surface area contributed by atoms with Crippen molar-refractivity contribution in [2.75, 3.05) is 6.54 Å².